The summed E-state index contributed by atoms with van der Waals surface area (Å²) in [4.78, 5) is 0. The van der Waals surface area contributed by atoms with Crippen LogP contribution in [0, 0.1) is 11.3 Å². The van der Waals surface area contributed by atoms with Gasteiger partial charge in [0.05, 0.1) is 11.6 Å². The lowest BCUT2D eigenvalue weighted by atomic mass is 9.91. The van der Waals surface area contributed by atoms with Crippen molar-refractivity contribution in [2.24, 2.45) is 0 Å². The van der Waals surface area contributed by atoms with Gasteiger partial charge in [0.15, 0.2) is 0 Å². The van der Waals surface area contributed by atoms with E-state index in [1.54, 1.807) is 0 Å². The molecule has 0 radical (unpaired) electrons. The summed E-state index contributed by atoms with van der Waals surface area (Å²) in [7, 11) is 0. The largest absolute Gasteiger partial charge is 0.506 e. The fraction of sp³-hybridized carbons (Fsp3) is 0.182. The lowest BCUT2D eigenvalue weighted by Gasteiger charge is -2.15. The molecule has 2 heteroatoms. The normalized spacial score (nSPS) is 15.0. The Balaban J connectivity index is 2.60. The molecule has 0 saturated carbocycles. The lowest BCUT2D eigenvalue weighted by molar-refractivity contribution is 0.501. The van der Waals surface area contributed by atoms with Crippen molar-refractivity contribution in [1.29, 1.82) is 5.26 Å². The van der Waals surface area contributed by atoms with E-state index in [-0.39, 0.29) is 5.76 Å². The van der Waals surface area contributed by atoms with Gasteiger partial charge in [-0.3, -0.25) is 0 Å². The van der Waals surface area contributed by atoms with Gasteiger partial charge < -0.3 is 5.11 Å². The van der Waals surface area contributed by atoms with Gasteiger partial charge in [-0.25, -0.2) is 0 Å². The van der Waals surface area contributed by atoms with Crippen molar-refractivity contribution in [2.45, 2.75) is 12.8 Å². The molecule has 1 aromatic rings. The molecule has 0 fully saturated rings. The summed E-state index contributed by atoms with van der Waals surface area (Å²) < 4.78 is 0. The smallest absolute Gasteiger partial charge is 0.136 e. The summed E-state index contributed by atoms with van der Waals surface area (Å²) in [6.07, 6.45) is 1.50. The van der Waals surface area contributed by atoms with Crippen molar-refractivity contribution in [1.82, 2.24) is 0 Å². The van der Waals surface area contributed by atoms with Gasteiger partial charge in [-0.1, -0.05) is 24.3 Å². The zero-order chi connectivity index (χ0) is 9.26. The Morgan fingerprint density at radius 3 is 2.77 bits per heavy atom. The molecule has 1 N–H and O–H groups in total. The van der Waals surface area contributed by atoms with Crippen molar-refractivity contribution in [3.8, 4) is 6.07 Å². The number of fused-ring (bicyclic) bond motifs is 1. The zero-order valence-electron chi connectivity index (χ0n) is 7.12. The van der Waals surface area contributed by atoms with E-state index < -0.39 is 0 Å². The Morgan fingerprint density at radius 1 is 1.23 bits per heavy atom. The van der Waals surface area contributed by atoms with Gasteiger partial charge in [-0.15, -0.1) is 0 Å². The zero-order valence-corrected chi connectivity index (χ0v) is 7.12. The van der Waals surface area contributed by atoms with Crippen LogP contribution in [0.5, 0.6) is 0 Å². The van der Waals surface area contributed by atoms with Crippen LogP contribution in [0.15, 0.2) is 29.8 Å². The molecule has 2 nitrogen and oxygen atoms in total. The van der Waals surface area contributed by atoms with E-state index in [1.807, 2.05) is 30.3 Å². The molecule has 0 heterocycles. The Hall–Kier alpha value is -1.75. The van der Waals surface area contributed by atoms with Gasteiger partial charge in [0.1, 0.15) is 5.76 Å². The van der Waals surface area contributed by atoms with Crippen LogP contribution in [-0.4, -0.2) is 5.11 Å². The third-order valence-electron chi connectivity index (χ3n) is 2.34. The third-order valence-corrected chi connectivity index (χ3v) is 2.34. The maximum Gasteiger partial charge on any atom is 0.136 e. The van der Waals surface area contributed by atoms with Crippen LogP contribution in [0.2, 0.25) is 0 Å². The first-order valence-electron chi connectivity index (χ1n) is 4.23. The number of nitriles is 1. The number of benzene rings is 1. The predicted molar refractivity (Wildman–Crippen MR) is 49.9 cm³/mol. The number of hydrogen-bond acceptors (Lipinski definition) is 2. The van der Waals surface area contributed by atoms with Crippen LogP contribution < -0.4 is 0 Å². The second kappa shape index (κ2) is 2.95. The Bertz CT molecular complexity index is 412. The fourth-order valence-corrected chi connectivity index (χ4v) is 1.62. The summed E-state index contributed by atoms with van der Waals surface area (Å²) in [6, 6.07) is 9.68. The molecule has 1 aliphatic carbocycles. The Labute approximate surface area is 76.7 Å². The number of allylic oxidation sites excluding steroid dienone is 1. The average molecular weight is 171 g/mol. The second-order valence-electron chi connectivity index (χ2n) is 3.10. The topological polar surface area (TPSA) is 44.0 Å². The minimum absolute atomic E-state index is 0.157. The second-order valence-corrected chi connectivity index (χ2v) is 3.10. The molecule has 1 aromatic carbocycles. The molecule has 2 rings (SSSR count). The summed E-state index contributed by atoms with van der Waals surface area (Å²) in [6.45, 7) is 0. The highest BCUT2D eigenvalue weighted by atomic mass is 16.3. The first kappa shape index (κ1) is 7.88. The maximum absolute atomic E-state index is 9.68. The molecule has 0 bridgehead atoms. The van der Waals surface area contributed by atoms with E-state index in [4.69, 9.17) is 5.26 Å². The van der Waals surface area contributed by atoms with Gasteiger partial charge in [0, 0.05) is 5.56 Å². The van der Waals surface area contributed by atoms with Crippen molar-refractivity contribution >= 4 is 5.76 Å². The van der Waals surface area contributed by atoms with Crippen molar-refractivity contribution < 1.29 is 5.11 Å². The minimum atomic E-state index is 0.157. The van der Waals surface area contributed by atoms with Crippen LogP contribution in [0.4, 0.5) is 0 Å². The standard InChI is InChI=1S/C11H9NO/c12-7-9-6-5-8-3-1-2-4-10(8)11(9)13/h1-4,13H,5-6H2. The third kappa shape index (κ3) is 1.19. The summed E-state index contributed by atoms with van der Waals surface area (Å²) in [5, 5.41) is 18.4. The fourth-order valence-electron chi connectivity index (χ4n) is 1.62. The maximum atomic E-state index is 9.68. The number of hydrogen-bond donors (Lipinski definition) is 1. The first-order chi connectivity index (χ1) is 6.33. The molecule has 0 aliphatic heterocycles. The first-order valence-corrected chi connectivity index (χ1v) is 4.23. The van der Waals surface area contributed by atoms with Crippen LogP contribution >= 0.6 is 0 Å². The molecule has 1 aliphatic rings. The molecule has 0 aromatic heterocycles. The van der Waals surface area contributed by atoms with Crippen LogP contribution in [0.3, 0.4) is 0 Å². The molecule has 0 unspecified atom stereocenters. The summed E-state index contributed by atoms with van der Waals surface area (Å²) in [5.41, 5.74) is 2.43. The minimum Gasteiger partial charge on any atom is -0.506 e. The van der Waals surface area contributed by atoms with Crippen LogP contribution in [-0.2, 0) is 6.42 Å². The van der Waals surface area contributed by atoms with Gasteiger partial charge in [-0.2, -0.15) is 5.26 Å². The number of aliphatic hydroxyl groups excluding tert-OH is 1. The van der Waals surface area contributed by atoms with Gasteiger partial charge >= 0.3 is 0 Å². The number of aliphatic hydroxyl groups is 1. The SMILES string of the molecule is N#CC1=C(O)c2ccccc2CC1. The van der Waals surface area contributed by atoms with Gasteiger partial charge in [0.2, 0.25) is 0 Å². The molecule has 0 spiro atoms. The number of nitrogens with zero attached hydrogens (tertiary/aromatic N) is 1. The number of rotatable bonds is 0. The summed E-state index contributed by atoms with van der Waals surface area (Å²) >= 11 is 0. The number of aryl methyl sites for hydroxylation is 1. The highest BCUT2D eigenvalue weighted by Crippen LogP contribution is 2.28. The molecule has 64 valence electrons. The van der Waals surface area contributed by atoms with Crippen molar-refractivity contribution in [3.63, 3.8) is 0 Å². The van der Waals surface area contributed by atoms with Gasteiger partial charge in [-0.05, 0) is 18.4 Å². The van der Waals surface area contributed by atoms with E-state index in [0.717, 1.165) is 17.5 Å². The summed E-state index contributed by atoms with van der Waals surface area (Å²) in [5.74, 6) is 0.157. The molecule has 0 amide bonds. The van der Waals surface area contributed by atoms with Crippen LogP contribution in [0.25, 0.3) is 5.76 Å². The Kier molecular flexibility index (Phi) is 1.79. The molecule has 0 saturated heterocycles. The quantitative estimate of drug-likeness (QED) is 0.651. The van der Waals surface area contributed by atoms with Gasteiger partial charge in [0.25, 0.3) is 0 Å². The molecule has 13 heavy (non-hydrogen) atoms. The van der Waals surface area contributed by atoms with E-state index in [0.29, 0.717) is 12.0 Å². The Morgan fingerprint density at radius 2 is 2.00 bits per heavy atom. The van der Waals surface area contributed by atoms with E-state index in [2.05, 4.69) is 0 Å². The van der Waals surface area contributed by atoms with Crippen molar-refractivity contribution in [2.75, 3.05) is 0 Å². The average Bonchev–Trinajstić information content (AvgIpc) is 2.19. The molecule has 0 atom stereocenters. The van der Waals surface area contributed by atoms with Crippen LogP contribution in [0.1, 0.15) is 17.5 Å². The highest BCUT2D eigenvalue weighted by Gasteiger charge is 2.16. The van der Waals surface area contributed by atoms with E-state index in [9.17, 15) is 5.11 Å². The predicted octanol–water partition coefficient (Wildman–Crippen LogP) is 2.43. The monoisotopic (exact) mass is 171 g/mol. The van der Waals surface area contributed by atoms with E-state index in [1.165, 1.54) is 0 Å². The highest BCUT2D eigenvalue weighted by molar-refractivity contribution is 5.69. The molecular formula is C11H9NO. The molecular weight excluding hydrogens is 162 g/mol. The lowest BCUT2D eigenvalue weighted by Crippen LogP contribution is -2.03. The van der Waals surface area contributed by atoms with Crippen molar-refractivity contribution in [3.05, 3.63) is 41.0 Å². The van der Waals surface area contributed by atoms with E-state index >= 15 is 0 Å².